The Morgan fingerprint density at radius 1 is 0.472 bits per heavy atom. The van der Waals surface area contributed by atoms with Crippen LogP contribution >= 0.6 is 0 Å². The van der Waals surface area contributed by atoms with E-state index >= 15 is 0 Å². The lowest BCUT2D eigenvalue weighted by atomic mass is 10.1. The first-order valence-corrected chi connectivity index (χ1v) is 33.0. The van der Waals surface area contributed by atoms with Crippen molar-refractivity contribution in [3.63, 3.8) is 0 Å². The fraction of sp³-hybridized carbons (Fsp3) is 0.906. The van der Waals surface area contributed by atoms with Crippen molar-refractivity contribution in [1.29, 1.82) is 9.56 Å². The maximum absolute atomic E-state index is 11.6. The van der Waals surface area contributed by atoms with E-state index in [2.05, 4.69) is 130 Å². The number of sulfonamides is 2. The third-order valence-electron chi connectivity index (χ3n) is 10.8. The van der Waals surface area contributed by atoms with Crippen molar-refractivity contribution in [1.82, 2.24) is 29.0 Å². The van der Waals surface area contributed by atoms with Crippen LogP contribution in [0.1, 0.15) is 194 Å². The quantitative estimate of drug-likeness (QED) is 0.0914. The van der Waals surface area contributed by atoms with Gasteiger partial charge in [-0.1, -0.05) is 96.2 Å². The zero-order valence-corrected chi connectivity index (χ0v) is 55.4. The fourth-order valence-corrected chi connectivity index (χ4v) is 9.92. The van der Waals surface area contributed by atoms with Gasteiger partial charge in [-0.3, -0.25) is 9.56 Å². The average Bonchev–Trinajstić information content (AvgIpc) is 3.57. The standard InChI is InChI=1S/C9H18N2O.2C9H19N.2C7H17NOS.2C6H15NO2S/c1-7(2)10-5-6-11(8(3)4)9(10)12;2*1-7(2)9(5)10(6)8(3)4;2*1-6(2)5-10(8,9)7(3)4;2*1-5(2)7-10(8,9)6(3)4/h7-8H,5-6H2,1-4H3;2*7-8H,5H2,1-4,6H3;2*6-8H,5H2,1-4H3;2*5-7H,1-4H3. The summed E-state index contributed by atoms with van der Waals surface area (Å²) in [6, 6.07) is 1.98. The van der Waals surface area contributed by atoms with Gasteiger partial charge < -0.3 is 19.6 Å². The normalized spacial score (nSPS) is 14.6. The Morgan fingerprint density at radius 2 is 0.694 bits per heavy atom. The summed E-state index contributed by atoms with van der Waals surface area (Å²) in [7, 11) is -6.51. The van der Waals surface area contributed by atoms with Gasteiger partial charge in [0.2, 0.25) is 20.0 Å². The summed E-state index contributed by atoms with van der Waals surface area (Å²) in [6.45, 7) is 64.6. The van der Waals surface area contributed by atoms with Crippen molar-refractivity contribution >= 4 is 45.5 Å². The molecule has 72 heavy (non-hydrogen) atoms. The highest BCUT2D eigenvalue weighted by atomic mass is 32.2. The summed E-state index contributed by atoms with van der Waals surface area (Å²) in [5, 5.41) is -0.686. The van der Waals surface area contributed by atoms with Crippen molar-refractivity contribution in [3.05, 3.63) is 24.6 Å². The molecule has 0 aromatic heterocycles. The predicted molar refractivity (Wildman–Crippen MR) is 319 cm³/mol. The molecule has 438 valence electrons. The molecule has 1 heterocycles. The lowest BCUT2D eigenvalue weighted by molar-refractivity contribution is 0.175. The van der Waals surface area contributed by atoms with Crippen molar-refractivity contribution in [2.75, 3.05) is 38.7 Å². The van der Waals surface area contributed by atoms with Crippen LogP contribution in [0.3, 0.4) is 0 Å². The Hall–Kier alpha value is -1.93. The number of nitrogens with one attached hydrogen (secondary N) is 4. The van der Waals surface area contributed by atoms with Crippen LogP contribution in [0.15, 0.2) is 24.6 Å². The van der Waals surface area contributed by atoms with Crippen LogP contribution in [0.5, 0.6) is 0 Å². The molecule has 2 amide bonds. The van der Waals surface area contributed by atoms with Crippen molar-refractivity contribution in [3.8, 4) is 0 Å². The number of carbonyl (C=O) groups is 1. The first-order chi connectivity index (χ1) is 31.9. The third kappa shape index (κ3) is 40.4. The highest BCUT2D eigenvalue weighted by Crippen LogP contribution is 2.16. The Bertz CT molecular complexity index is 1680. The molecule has 19 heteroatoms. The van der Waals surface area contributed by atoms with Gasteiger partial charge in [-0.2, -0.15) is 0 Å². The summed E-state index contributed by atoms with van der Waals surface area (Å²) < 4.78 is 86.7. The summed E-state index contributed by atoms with van der Waals surface area (Å²) in [4.78, 5) is 19.9. The molecule has 1 saturated heterocycles. The van der Waals surface area contributed by atoms with Gasteiger partial charge in [0.25, 0.3) is 0 Å². The second-order valence-corrected chi connectivity index (χ2v) is 33.0. The van der Waals surface area contributed by atoms with Gasteiger partial charge in [-0.15, -0.1) is 0 Å². The molecule has 0 radical (unpaired) electrons. The van der Waals surface area contributed by atoms with E-state index < -0.39 is 39.5 Å². The Kier molecular flexibility index (Phi) is 43.6. The van der Waals surface area contributed by atoms with Crippen LogP contribution in [0, 0.1) is 33.2 Å². The predicted octanol–water partition coefficient (Wildman–Crippen LogP) is 12.2. The fourth-order valence-electron chi connectivity index (χ4n) is 5.31. The monoisotopic (exact) mass is 1110 g/mol. The van der Waals surface area contributed by atoms with E-state index in [4.69, 9.17) is 9.56 Å². The average molecular weight is 1110 g/mol. The SMILES string of the molecule is C=C(C(C)C)N(C)C(C)C.C=C(C(C)C)N(C)C(C)C.CC(C)CS(=N)(=O)C(C)C.CC(C)CS(=N)(=O)C(C)C.CC(C)N1CCN(C(C)C)C1=O.CC(C)NS(=O)(=O)C(C)C.CC(C)NS(=O)(=O)C(C)C. The van der Waals surface area contributed by atoms with Gasteiger partial charge in [0.05, 0.1) is 10.5 Å². The second-order valence-electron chi connectivity index (χ2n) is 23.0. The van der Waals surface area contributed by atoms with Crippen LogP contribution in [0.2, 0.25) is 0 Å². The summed E-state index contributed by atoms with van der Waals surface area (Å²) >= 11 is 0. The number of nitrogens with zero attached hydrogens (tertiary/aromatic N) is 4. The maximum atomic E-state index is 11.6. The van der Waals surface area contributed by atoms with E-state index in [1.165, 1.54) is 11.4 Å². The highest BCUT2D eigenvalue weighted by Gasteiger charge is 2.31. The molecule has 2 unspecified atom stereocenters. The van der Waals surface area contributed by atoms with E-state index in [1.54, 1.807) is 55.4 Å². The van der Waals surface area contributed by atoms with Gasteiger partial charge in [0.15, 0.2) is 0 Å². The number of amides is 2. The summed E-state index contributed by atoms with van der Waals surface area (Å²) in [6.07, 6.45) is 0. The molecule has 1 fully saturated rings. The minimum atomic E-state index is -3.05. The van der Waals surface area contributed by atoms with Crippen molar-refractivity contribution in [2.24, 2.45) is 23.7 Å². The number of allylic oxidation sites excluding steroid dienone is 2. The number of hydrogen-bond donors (Lipinski definition) is 4. The van der Waals surface area contributed by atoms with Crippen LogP contribution in [0.25, 0.3) is 0 Å². The van der Waals surface area contributed by atoms with E-state index in [0.717, 1.165) is 13.1 Å². The Labute approximate surface area is 449 Å². The number of rotatable bonds is 20. The molecule has 0 bridgehead atoms. The molecule has 2 atom stereocenters. The van der Waals surface area contributed by atoms with E-state index in [-0.39, 0.29) is 39.1 Å². The van der Waals surface area contributed by atoms with Gasteiger partial charge >= 0.3 is 6.03 Å². The van der Waals surface area contributed by atoms with Crippen LogP contribution in [-0.4, -0.2) is 147 Å². The number of hydrogen-bond acceptors (Lipinski definition) is 11. The molecule has 0 aromatic carbocycles. The maximum Gasteiger partial charge on any atom is 0.320 e. The van der Waals surface area contributed by atoms with Crippen LogP contribution in [-0.2, 0) is 39.5 Å². The summed E-state index contributed by atoms with van der Waals surface area (Å²) in [5.74, 6) is 2.93. The zero-order valence-electron chi connectivity index (χ0n) is 52.1. The van der Waals surface area contributed by atoms with E-state index in [0.29, 0.717) is 59.3 Å². The number of carbonyl (C=O) groups excluding carboxylic acids is 1. The lowest BCUT2D eigenvalue weighted by Crippen LogP contribution is -2.39. The van der Waals surface area contributed by atoms with Crippen LogP contribution in [0.4, 0.5) is 4.79 Å². The molecule has 0 aliphatic carbocycles. The first-order valence-electron chi connectivity index (χ1n) is 26.3. The molecular weight excluding hydrogens is 989 g/mol. The molecule has 4 N–H and O–H groups in total. The smallest absolute Gasteiger partial charge is 0.320 e. The van der Waals surface area contributed by atoms with Gasteiger partial charge in [0.1, 0.15) is 0 Å². The van der Waals surface area contributed by atoms with Crippen molar-refractivity contribution < 1.29 is 30.0 Å². The van der Waals surface area contributed by atoms with E-state index in [9.17, 15) is 30.0 Å². The summed E-state index contributed by atoms with van der Waals surface area (Å²) in [5.41, 5.74) is 2.44. The van der Waals surface area contributed by atoms with Crippen LogP contribution < -0.4 is 9.44 Å². The topological polar surface area (TPSA) is 204 Å². The highest BCUT2D eigenvalue weighted by molar-refractivity contribution is 7.93. The largest absolute Gasteiger partial charge is 0.376 e. The zero-order chi connectivity index (χ0) is 59.4. The second kappa shape index (κ2) is 38.6. The lowest BCUT2D eigenvalue weighted by Gasteiger charge is -2.28. The third-order valence-corrected chi connectivity index (χ3v) is 20.3. The number of urea groups is 1. The van der Waals surface area contributed by atoms with Gasteiger partial charge in [-0.05, 0) is 134 Å². The Balaban J connectivity index is -0.000000177. The van der Waals surface area contributed by atoms with E-state index in [1.807, 2.05) is 65.2 Å². The molecule has 0 spiro atoms. The first kappa shape index (κ1) is 81.4. The minimum absolute atomic E-state index is 0.00472. The molecule has 15 nitrogen and oxygen atoms in total. The molecule has 0 aromatic rings. The Morgan fingerprint density at radius 3 is 0.764 bits per heavy atom. The molecular formula is C53H120N8O7S4. The molecule has 1 aliphatic heterocycles. The molecule has 0 saturated carbocycles. The molecule has 1 aliphatic rings. The minimum Gasteiger partial charge on any atom is -0.376 e. The van der Waals surface area contributed by atoms with Gasteiger partial charge in [-0.25, -0.2) is 39.5 Å². The van der Waals surface area contributed by atoms with Gasteiger partial charge in [0, 0.05) is 116 Å². The van der Waals surface area contributed by atoms with Crippen molar-refractivity contribution in [2.45, 2.75) is 251 Å². The molecule has 1 rings (SSSR count).